The highest BCUT2D eigenvalue weighted by Gasteiger charge is 2.05. The third-order valence-electron chi connectivity index (χ3n) is 2.00. The minimum absolute atomic E-state index is 0.640. The molecule has 0 spiro atoms. The minimum atomic E-state index is 0.640. The van der Waals surface area contributed by atoms with Crippen LogP contribution in [0.3, 0.4) is 0 Å². The van der Waals surface area contributed by atoms with E-state index in [9.17, 15) is 0 Å². The average Bonchev–Trinajstić information content (AvgIpc) is 2.64. The van der Waals surface area contributed by atoms with Gasteiger partial charge in [-0.05, 0) is 12.3 Å². The summed E-state index contributed by atoms with van der Waals surface area (Å²) in [5, 5.41) is 11.8. The Kier molecular flexibility index (Phi) is 5.08. The van der Waals surface area contributed by atoms with E-state index in [-0.39, 0.29) is 0 Å². The van der Waals surface area contributed by atoms with E-state index < -0.39 is 0 Å². The zero-order chi connectivity index (χ0) is 9.52. The quantitative estimate of drug-likeness (QED) is 0.748. The highest BCUT2D eigenvalue weighted by Crippen LogP contribution is 2.13. The Bertz CT molecular complexity index is 215. The van der Waals surface area contributed by atoms with E-state index in [0.717, 1.165) is 30.4 Å². The highest BCUT2D eigenvalue weighted by molar-refractivity contribution is 7.13. The number of hydrogen-bond acceptors (Lipinski definition) is 4. The maximum atomic E-state index is 5.68. The summed E-state index contributed by atoms with van der Waals surface area (Å²) < 4.78 is 0. The second-order valence-corrected chi connectivity index (χ2v) is 4.09. The van der Waals surface area contributed by atoms with E-state index in [1.807, 2.05) is 0 Å². The van der Waals surface area contributed by atoms with Gasteiger partial charge in [0.15, 0.2) is 0 Å². The van der Waals surface area contributed by atoms with Crippen molar-refractivity contribution in [2.24, 2.45) is 5.92 Å². The fourth-order valence-corrected chi connectivity index (χ4v) is 1.85. The Morgan fingerprint density at radius 2 is 2.54 bits per heavy atom. The number of nitrogens with one attached hydrogen (secondary N) is 1. The van der Waals surface area contributed by atoms with E-state index in [4.69, 9.17) is 11.6 Å². The van der Waals surface area contributed by atoms with Crippen molar-refractivity contribution in [3.05, 3.63) is 5.51 Å². The van der Waals surface area contributed by atoms with Crippen LogP contribution in [0.1, 0.15) is 19.8 Å². The SMILES string of the molecule is CCC(CCCl)CNc1nncs1. The fourth-order valence-electron chi connectivity index (χ4n) is 1.09. The second-order valence-electron chi connectivity index (χ2n) is 2.88. The molecule has 0 fully saturated rings. The lowest BCUT2D eigenvalue weighted by atomic mass is 10.0. The Morgan fingerprint density at radius 1 is 1.69 bits per heavy atom. The van der Waals surface area contributed by atoms with Crippen molar-refractivity contribution in [2.75, 3.05) is 17.7 Å². The first-order chi connectivity index (χ1) is 6.36. The van der Waals surface area contributed by atoms with Gasteiger partial charge in [0.2, 0.25) is 5.13 Å². The second kappa shape index (κ2) is 6.16. The molecule has 1 aromatic heterocycles. The molecule has 0 aliphatic heterocycles. The summed E-state index contributed by atoms with van der Waals surface area (Å²) >= 11 is 7.21. The molecule has 1 heterocycles. The monoisotopic (exact) mass is 219 g/mol. The molecule has 1 aromatic rings. The fraction of sp³-hybridized carbons (Fsp3) is 0.750. The van der Waals surface area contributed by atoms with Gasteiger partial charge in [-0.25, -0.2) is 0 Å². The van der Waals surface area contributed by atoms with Crippen molar-refractivity contribution in [1.82, 2.24) is 10.2 Å². The summed E-state index contributed by atoms with van der Waals surface area (Å²) in [6, 6.07) is 0. The van der Waals surface area contributed by atoms with Crippen LogP contribution in [-0.4, -0.2) is 22.6 Å². The molecule has 0 saturated heterocycles. The first kappa shape index (κ1) is 10.7. The van der Waals surface area contributed by atoms with E-state index >= 15 is 0 Å². The van der Waals surface area contributed by atoms with Gasteiger partial charge < -0.3 is 5.32 Å². The summed E-state index contributed by atoms with van der Waals surface area (Å²) in [5.41, 5.74) is 1.73. The molecule has 0 bridgehead atoms. The molecule has 13 heavy (non-hydrogen) atoms. The summed E-state index contributed by atoms with van der Waals surface area (Å²) in [5.74, 6) is 1.37. The van der Waals surface area contributed by atoms with Crippen LogP contribution in [0.25, 0.3) is 0 Å². The molecule has 0 radical (unpaired) electrons. The van der Waals surface area contributed by atoms with Gasteiger partial charge >= 0.3 is 0 Å². The number of anilines is 1. The van der Waals surface area contributed by atoms with Crippen molar-refractivity contribution in [1.29, 1.82) is 0 Å². The number of aromatic nitrogens is 2. The van der Waals surface area contributed by atoms with Crippen LogP contribution in [0.2, 0.25) is 0 Å². The van der Waals surface area contributed by atoms with Crippen molar-refractivity contribution in [2.45, 2.75) is 19.8 Å². The van der Waals surface area contributed by atoms with E-state index in [1.165, 1.54) is 11.3 Å². The first-order valence-electron chi connectivity index (χ1n) is 4.42. The molecular formula is C8H14ClN3S. The van der Waals surface area contributed by atoms with E-state index in [2.05, 4.69) is 22.4 Å². The molecule has 0 amide bonds. The van der Waals surface area contributed by atoms with Crippen LogP contribution in [-0.2, 0) is 0 Å². The zero-order valence-corrected chi connectivity index (χ0v) is 9.24. The highest BCUT2D eigenvalue weighted by atomic mass is 35.5. The molecular weight excluding hydrogens is 206 g/mol. The van der Waals surface area contributed by atoms with Crippen molar-refractivity contribution < 1.29 is 0 Å². The Hall–Kier alpha value is -0.350. The zero-order valence-electron chi connectivity index (χ0n) is 7.66. The predicted octanol–water partition coefficient (Wildman–Crippen LogP) is 2.61. The van der Waals surface area contributed by atoms with Gasteiger partial charge in [0.25, 0.3) is 0 Å². The number of alkyl halides is 1. The van der Waals surface area contributed by atoms with Crippen LogP contribution in [0.5, 0.6) is 0 Å². The van der Waals surface area contributed by atoms with Crippen LogP contribution >= 0.6 is 22.9 Å². The van der Waals surface area contributed by atoms with Gasteiger partial charge in [0.1, 0.15) is 5.51 Å². The average molecular weight is 220 g/mol. The number of halogens is 1. The van der Waals surface area contributed by atoms with Crippen molar-refractivity contribution in [3.63, 3.8) is 0 Å². The normalized spacial score (nSPS) is 12.8. The molecule has 1 rings (SSSR count). The van der Waals surface area contributed by atoms with E-state index in [1.54, 1.807) is 5.51 Å². The lowest BCUT2D eigenvalue weighted by Gasteiger charge is -2.12. The van der Waals surface area contributed by atoms with Crippen molar-refractivity contribution in [3.8, 4) is 0 Å². The number of nitrogens with zero attached hydrogens (tertiary/aromatic N) is 2. The predicted molar refractivity (Wildman–Crippen MR) is 57.5 cm³/mol. The molecule has 0 aromatic carbocycles. The summed E-state index contributed by atoms with van der Waals surface area (Å²) in [7, 11) is 0. The molecule has 1 unspecified atom stereocenters. The molecule has 1 atom stereocenters. The Balaban J connectivity index is 2.23. The smallest absolute Gasteiger partial charge is 0.205 e. The first-order valence-corrected chi connectivity index (χ1v) is 5.84. The summed E-state index contributed by atoms with van der Waals surface area (Å²) in [6.07, 6.45) is 2.21. The summed E-state index contributed by atoms with van der Waals surface area (Å²) in [6.45, 7) is 3.12. The third-order valence-corrected chi connectivity index (χ3v) is 2.86. The lowest BCUT2D eigenvalue weighted by molar-refractivity contribution is 0.521. The molecule has 74 valence electrons. The standard InChI is InChI=1S/C8H14ClN3S/c1-2-7(3-4-9)5-10-8-12-11-6-13-8/h6-7H,2-5H2,1H3,(H,10,12). The maximum absolute atomic E-state index is 5.68. The van der Waals surface area contributed by atoms with Gasteiger partial charge in [0, 0.05) is 12.4 Å². The van der Waals surface area contributed by atoms with E-state index in [0.29, 0.717) is 5.92 Å². The lowest BCUT2D eigenvalue weighted by Crippen LogP contribution is -2.13. The molecule has 3 nitrogen and oxygen atoms in total. The number of rotatable bonds is 6. The van der Waals surface area contributed by atoms with Gasteiger partial charge in [-0.1, -0.05) is 24.7 Å². The maximum Gasteiger partial charge on any atom is 0.205 e. The third kappa shape index (κ3) is 3.91. The largest absolute Gasteiger partial charge is 0.360 e. The van der Waals surface area contributed by atoms with Crippen LogP contribution in [0.4, 0.5) is 5.13 Å². The number of hydrogen-bond donors (Lipinski definition) is 1. The van der Waals surface area contributed by atoms with Crippen LogP contribution in [0, 0.1) is 5.92 Å². The van der Waals surface area contributed by atoms with Gasteiger partial charge in [-0.3, -0.25) is 0 Å². The minimum Gasteiger partial charge on any atom is -0.360 e. The van der Waals surface area contributed by atoms with Gasteiger partial charge in [0.05, 0.1) is 0 Å². The van der Waals surface area contributed by atoms with Gasteiger partial charge in [-0.2, -0.15) is 0 Å². The van der Waals surface area contributed by atoms with Crippen LogP contribution < -0.4 is 5.32 Å². The topological polar surface area (TPSA) is 37.8 Å². The molecule has 0 saturated carbocycles. The Morgan fingerprint density at radius 3 is 3.08 bits per heavy atom. The Labute approximate surface area is 87.5 Å². The van der Waals surface area contributed by atoms with Gasteiger partial charge in [-0.15, -0.1) is 21.8 Å². The molecule has 5 heteroatoms. The molecule has 0 aliphatic rings. The van der Waals surface area contributed by atoms with Crippen LogP contribution in [0.15, 0.2) is 5.51 Å². The molecule has 1 N–H and O–H groups in total. The molecule has 0 aliphatic carbocycles. The summed E-state index contributed by atoms with van der Waals surface area (Å²) in [4.78, 5) is 0. The van der Waals surface area contributed by atoms with Crippen molar-refractivity contribution >= 4 is 28.1 Å².